The normalized spacial score (nSPS) is 31.4. The fraction of sp³-hybridized carbons (Fsp3) is 0.679. The lowest BCUT2D eigenvalue weighted by atomic mass is 9.66. The topological polar surface area (TPSA) is 98.7 Å². The summed E-state index contributed by atoms with van der Waals surface area (Å²) < 4.78 is -0.953. The van der Waals surface area contributed by atoms with Crippen molar-refractivity contribution in [3.05, 3.63) is 30.3 Å². The minimum Gasteiger partial charge on any atom is -0.396 e. The second kappa shape index (κ2) is 11.1. The van der Waals surface area contributed by atoms with Gasteiger partial charge in [-0.3, -0.25) is 14.4 Å². The highest BCUT2D eigenvalue weighted by Gasteiger charge is 2.77. The molecule has 198 valence electrons. The number of hydrogen-bond acceptors (Lipinski definition) is 5. The second-order valence-electron chi connectivity index (χ2n) is 11.0. The van der Waals surface area contributed by atoms with Crippen LogP contribution in [-0.2, 0) is 14.4 Å². The van der Waals surface area contributed by atoms with Crippen molar-refractivity contribution in [1.82, 2.24) is 10.2 Å². The summed E-state index contributed by atoms with van der Waals surface area (Å²) in [5, 5.41) is 15.3. The van der Waals surface area contributed by atoms with Gasteiger partial charge in [-0.1, -0.05) is 44.4 Å². The molecule has 2 bridgehead atoms. The lowest BCUT2D eigenvalue weighted by Gasteiger charge is -2.35. The third kappa shape index (κ3) is 4.91. The molecule has 1 aromatic carbocycles. The number of unbranched alkanes of at least 4 members (excludes halogenated alkanes) is 3. The zero-order valence-electron chi connectivity index (χ0n) is 21.8. The van der Waals surface area contributed by atoms with Gasteiger partial charge in [0.05, 0.1) is 16.6 Å². The molecule has 0 saturated carbocycles. The Morgan fingerprint density at radius 3 is 2.56 bits per heavy atom. The van der Waals surface area contributed by atoms with E-state index in [1.165, 1.54) is 0 Å². The molecule has 7 nitrogen and oxygen atoms in total. The Labute approximate surface area is 219 Å². The van der Waals surface area contributed by atoms with Crippen molar-refractivity contribution >= 4 is 35.2 Å². The number of carbonyl (C=O) groups excluding carboxylic acids is 3. The number of para-hydroxylation sites is 1. The Morgan fingerprint density at radius 2 is 1.86 bits per heavy atom. The van der Waals surface area contributed by atoms with Crippen molar-refractivity contribution in [2.24, 2.45) is 11.8 Å². The SMILES string of the molecule is CCCC(C)NC(=O)C1N(CCCCCCO)C(=O)[C@@H]2[C@H](C(=O)Nc3ccccc3)[C@]3(C)CCC12S3. The highest BCUT2D eigenvalue weighted by atomic mass is 32.2. The third-order valence-corrected chi connectivity index (χ3v) is 10.3. The molecule has 6 atom stereocenters. The van der Waals surface area contributed by atoms with Gasteiger partial charge in [-0.25, -0.2) is 0 Å². The number of aliphatic hydroxyl groups excluding tert-OH is 1. The number of nitrogens with zero attached hydrogens (tertiary/aromatic N) is 1. The van der Waals surface area contributed by atoms with Gasteiger partial charge in [-0.15, -0.1) is 11.8 Å². The van der Waals surface area contributed by atoms with Crippen molar-refractivity contribution in [1.29, 1.82) is 0 Å². The third-order valence-electron chi connectivity index (χ3n) is 8.27. The van der Waals surface area contributed by atoms with Crippen molar-refractivity contribution < 1.29 is 19.5 Å². The predicted molar refractivity (Wildman–Crippen MR) is 144 cm³/mol. The molecule has 4 rings (SSSR count). The first kappa shape index (κ1) is 27.0. The van der Waals surface area contributed by atoms with Crippen LogP contribution < -0.4 is 10.6 Å². The fourth-order valence-corrected chi connectivity index (χ4v) is 9.04. The average Bonchev–Trinajstić information content (AvgIpc) is 3.40. The Hall–Kier alpha value is -2.06. The summed E-state index contributed by atoms with van der Waals surface area (Å²) >= 11 is 1.71. The minimum atomic E-state index is -0.578. The predicted octanol–water partition coefficient (Wildman–Crippen LogP) is 3.96. The van der Waals surface area contributed by atoms with Gasteiger partial charge < -0.3 is 20.6 Å². The summed E-state index contributed by atoms with van der Waals surface area (Å²) in [6, 6.07) is 8.86. The smallest absolute Gasteiger partial charge is 0.244 e. The van der Waals surface area contributed by atoms with E-state index in [4.69, 9.17) is 5.11 Å². The average molecular weight is 516 g/mol. The van der Waals surface area contributed by atoms with E-state index in [1.54, 1.807) is 16.7 Å². The largest absolute Gasteiger partial charge is 0.396 e. The van der Waals surface area contributed by atoms with E-state index in [0.29, 0.717) is 6.54 Å². The summed E-state index contributed by atoms with van der Waals surface area (Å²) in [6.07, 6.45) is 6.76. The van der Waals surface area contributed by atoms with E-state index in [0.717, 1.165) is 57.1 Å². The molecule has 3 saturated heterocycles. The number of benzene rings is 1. The molecule has 1 spiro atoms. The van der Waals surface area contributed by atoms with E-state index < -0.39 is 22.6 Å². The Morgan fingerprint density at radius 1 is 1.14 bits per heavy atom. The molecule has 0 aliphatic carbocycles. The minimum absolute atomic E-state index is 0.0378. The molecule has 3 aliphatic heterocycles. The molecule has 3 N–H and O–H groups in total. The summed E-state index contributed by atoms with van der Waals surface area (Å²) in [6.45, 7) is 6.89. The molecule has 3 amide bonds. The Balaban J connectivity index is 1.62. The standard InChI is InChI=1S/C28H41N3O4S/c1-4-12-19(2)29-25(34)23-28-16-15-27(3,36-28)21(24(33)30-20-13-8-7-9-14-20)22(28)26(35)31(23)17-10-5-6-11-18-32/h7-9,13-14,19,21-23,32H,4-6,10-12,15-18H2,1-3H3,(H,29,34)(H,30,33)/t19?,21-,22+,23?,27+,28?/m1/s1. The number of fused-ring (bicyclic) bond motifs is 1. The maximum atomic E-state index is 14.0. The zero-order chi connectivity index (χ0) is 25.9. The monoisotopic (exact) mass is 515 g/mol. The van der Waals surface area contributed by atoms with Crippen molar-refractivity contribution in [2.75, 3.05) is 18.5 Å². The molecule has 3 aliphatic rings. The first-order valence-electron chi connectivity index (χ1n) is 13.5. The molecule has 3 unspecified atom stereocenters. The van der Waals surface area contributed by atoms with Crippen LogP contribution in [0.15, 0.2) is 30.3 Å². The van der Waals surface area contributed by atoms with Crippen LogP contribution in [-0.4, -0.2) is 62.5 Å². The van der Waals surface area contributed by atoms with Crippen molar-refractivity contribution in [3.63, 3.8) is 0 Å². The van der Waals surface area contributed by atoms with Crippen LogP contribution in [0.1, 0.15) is 72.1 Å². The maximum absolute atomic E-state index is 14.0. The summed E-state index contributed by atoms with van der Waals surface area (Å²) in [7, 11) is 0. The van der Waals surface area contributed by atoms with Crippen LogP contribution in [0, 0.1) is 11.8 Å². The second-order valence-corrected chi connectivity index (χ2v) is 12.8. The maximum Gasteiger partial charge on any atom is 0.244 e. The Bertz CT molecular complexity index is 959. The number of hydrogen-bond donors (Lipinski definition) is 3. The van der Waals surface area contributed by atoms with Crippen molar-refractivity contribution in [2.45, 2.75) is 93.7 Å². The molecule has 8 heteroatoms. The number of amides is 3. The molecule has 36 heavy (non-hydrogen) atoms. The number of nitrogens with one attached hydrogen (secondary N) is 2. The highest BCUT2D eigenvalue weighted by Crippen LogP contribution is 2.71. The molecule has 3 heterocycles. The van der Waals surface area contributed by atoms with Gasteiger partial charge in [0, 0.05) is 29.6 Å². The van der Waals surface area contributed by atoms with E-state index in [-0.39, 0.29) is 35.1 Å². The molecule has 0 radical (unpaired) electrons. The van der Waals surface area contributed by atoms with Crippen LogP contribution in [0.3, 0.4) is 0 Å². The molecule has 1 aromatic rings. The van der Waals surface area contributed by atoms with Crippen LogP contribution in [0.2, 0.25) is 0 Å². The number of anilines is 1. The lowest BCUT2D eigenvalue weighted by Crippen LogP contribution is -2.55. The van der Waals surface area contributed by atoms with Crippen LogP contribution in [0.4, 0.5) is 5.69 Å². The van der Waals surface area contributed by atoms with E-state index in [9.17, 15) is 14.4 Å². The van der Waals surface area contributed by atoms with E-state index in [1.807, 2.05) is 37.3 Å². The summed E-state index contributed by atoms with van der Waals surface area (Å²) in [4.78, 5) is 43.3. The van der Waals surface area contributed by atoms with Gasteiger partial charge in [-0.05, 0) is 58.1 Å². The van der Waals surface area contributed by atoms with E-state index in [2.05, 4.69) is 24.5 Å². The zero-order valence-corrected chi connectivity index (χ0v) is 22.6. The number of rotatable bonds is 12. The molecule has 0 aromatic heterocycles. The highest BCUT2D eigenvalue weighted by molar-refractivity contribution is 8.02. The van der Waals surface area contributed by atoms with Crippen LogP contribution in [0.25, 0.3) is 0 Å². The molecular formula is C28H41N3O4S. The van der Waals surface area contributed by atoms with Gasteiger partial charge in [-0.2, -0.15) is 0 Å². The molecular weight excluding hydrogens is 474 g/mol. The quantitative estimate of drug-likeness (QED) is 0.366. The number of thioether (sulfide) groups is 1. The van der Waals surface area contributed by atoms with Crippen molar-refractivity contribution in [3.8, 4) is 0 Å². The van der Waals surface area contributed by atoms with Gasteiger partial charge in [0.2, 0.25) is 17.7 Å². The van der Waals surface area contributed by atoms with Crippen LogP contribution in [0.5, 0.6) is 0 Å². The van der Waals surface area contributed by atoms with Gasteiger partial charge in [0.25, 0.3) is 0 Å². The van der Waals surface area contributed by atoms with Gasteiger partial charge >= 0.3 is 0 Å². The summed E-state index contributed by atoms with van der Waals surface area (Å²) in [5.74, 6) is -1.24. The van der Waals surface area contributed by atoms with Gasteiger partial charge in [0.15, 0.2) is 0 Å². The Kier molecular flexibility index (Phi) is 8.35. The van der Waals surface area contributed by atoms with Gasteiger partial charge in [0.1, 0.15) is 6.04 Å². The summed E-state index contributed by atoms with van der Waals surface area (Å²) in [5.41, 5.74) is 0.724. The first-order valence-corrected chi connectivity index (χ1v) is 14.4. The number of aliphatic hydroxyl groups is 1. The fourth-order valence-electron chi connectivity index (χ4n) is 6.68. The number of likely N-dealkylation sites (tertiary alicyclic amines) is 1. The van der Waals surface area contributed by atoms with Crippen LogP contribution >= 0.6 is 11.8 Å². The molecule has 3 fully saturated rings. The first-order chi connectivity index (χ1) is 17.3. The van der Waals surface area contributed by atoms with E-state index >= 15 is 0 Å². The lowest BCUT2D eigenvalue weighted by molar-refractivity contribution is -0.139. The number of carbonyl (C=O) groups is 3.